The van der Waals surface area contributed by atoms with Crippen LogP contribution in [0.1, 0.15) is 57.7 Å². The van der Waals surface area contributed by atoms with Gasteiger partial charge in [-0.3, -0.25) is 9.59 Å². The Kier molecular flexibility index (Phi) is 6.37. The van der Waals surface area contributed by atoms with Crippen molar-refractivity contribution in [2.45, 2.75) is 59.1 Å². The molecule has 0 saturated carbocycles. The van der Waals surface area contributed by atoms with Gasteiger partial charge in [0.2, 0.25) is 11.8 Å². The second-order valence-electron chi connectivity index (χ2n) is 6.89. The Bertz CT molecular complexity index is 598. The summed E-state index contributed by atoms with van der Waals surface area (Å²) in [5.41, 5.74) is 3.03. The molecule has 1 aliphatic heterocycles. The number of anilines is 1. The fourth-order valence-corrected chi connectivity index (χ4v) is 2.64. The fourth-order valence-electron chi connectivity index (χ4n) is 2.64. The first kappa shape index (κ1) is 18.5. The van der Waals surface area contributed by atoms with Crippen LogP contribution in [0.5, 0.6) is 0 Å². The molecule has 0 aromatic heterocycles. The molecular formula is C19H28N2O3. The van der Waals surface area contributed by atoms with Gasteiger partial charge >= 0.3 is 0 Å². The number of rotatable bonds is 7. The summed E-state index contributed by atoms with van der Waals surface area (Å²) in [6, 6.07) is 5.81. The first-order valence-corrected chi connectivity index (χ1v) is 8.71. The monoisotopic (exact) mass is 332 g/mol. The van der Waals surface area contributed by atoms with Gasteiger partial charge in [-0.1, -0.05) is 26.0 Å². The zero-order valence-corrected chi connectivity index (χ0v) is 15.0. The second kappa shape index (κ2) is 8.29. The average molecular weight is 332 g/mol. The van der Waals surface area contributed by atoms with E-state index in [2.05, 4.69) is 30.5 Å². The predicted molar refractivity (Wildman–Crippen MR) is 94.8 cm³/mol. The number of hydrogen-bond acceptors (Lipinski definition) is 3. The summed E-state index contributed by atoms with van der Waals surface area (Å²) in [6.07, 6.45) is 1.74. The molecule has 1 aromatic rings. The predicted octanol–water partition coefficient (Wildman–Crippen LogP) is 3.20. The van der Waals surface area contributed by atoms with Crippen LogP contribution in [0, 0.1) is 5.92 Å². The zero-order chi connectivity index (χ0) is 17.7. The van der Waals surface area contributed by atoms with E-state index >= 15 is 0 Å². The van der Waals surface area contributed by atoms with E-state index in [1.54, 1.807) is 6.92 Å². The minimum Gasteiger partial charge on any atom is -0.369 e. The van der Waals surface area contributed by atoms with Crippen LogP contribution >= 0.6 is 0 Å². The molecule has 5 heteroatoms. The molecule has 0 spiro atoms. The van der Waals surface area contributed by atoms with Gasteiger partial charge in [-0.15, -0.1) is 0 Å². The van der Waals surface area contributed by atoms with Crippen molar-refractivity contribution in [3.63, 3.8) is 0 Å². The number of ether oxygens (including phenoxy) is 1. The highest BCUT2D eigenvalue weighted by Gasteiger charge is 2.19. The number of carbonyl (C=O) groups is 2. The van der Waals surface area contributed by atoms with E-state index in [1.807, 2.05) is 19.1 Å². The minimum absolute atomic E-state index is 0.0592. The van der Waals surface area contributed by atoms with E-state index in [-0.39, 0.29) is 17.9 Å². The Hall–Kier alpha value is -1.88. The van der Waals surface area contributed by atoms with Gasteiger partial charge in [-0.2, -0.15) is 0 Å². The van der Waals surface area contributed by atoms with E-state index in [0.29, 0.717) is 18.9 Å². The van der Waals surface area contributed by atoms with Crippen LogP contribution in [0.4, 0.5) is 5.69 Å². The largest absolute Gasteiger partial charge is 0.369 e. The smallest absolute Gasteiger partial charge is 0.249 e. The molecule has 1 aromatic carbocycles. The lowest BCUT2D eigenvalue weighted by molar-refractivity contribution is -0.132. The van der Waals surface area contributed by atoms with E-state index in [4.69, 9.17) is 4.74 Å². The van der Waals surface area contributed by atoms with E-state index in [0.717, 1.165) is 29.7 Å². The highest BCUT2D eigenvalue weighted by atomic mass is 16.5. The molecule has 5 nitrogen and oxygen atoms in total. The van der Waals surface area contributed by atoms with Crippen molar-refractivity contribution >= 4 is 17.5 Å². The highest BCUT2D eigenvalue weighted by Crippen LogP contribution is 2.26. The Balaban J connectivity index is 1.91. The van der Waals surface area contributed by atoms with E-state index < -0.39 is 6.10 Å². The number of aryl methyl sites for hydroxylation is 1. The van der Waals surface area contributed by atoms with Crippen LogP contribution in [-0.2, 0) is 20.7 Å². The lowest BCUT2D eigenvalue weighted by Gasteiger charge is -2.22. The maximum absolute atomic E-state index is 12.2. The molecule has 0 aliphatic carbocycles. The van der Waals surface area contributed by atoms with Crippen molar-refractivity contribution in [3.05, 3.63) is 29.3 Å². The summed E-state index contributed by atoms with van der Waals surface area (Å²) in [5, 5.41) is 5.87. The van der Waals surface area contributed by atoms with Crippen molar-refractivity contribution in [3.8, 4) is 0 Å². The van der Waals surface area contributed by atoms with Crippen LogP contribution < -0.4 is 10.6 Å². The number of fused-ring (bicyclic) bond motifs is 1. The topological polar surface area (TPSA) is 67.4 Å². The van der Waals surface area contributed by atoms with Crippen molar-refractivity contribution in [2.75, 3.05) is 11.9 Å². The van der Waals surface area contributed by atoms with Gasteiger partial charge in [0.25, 0.3) is 0 Å². The summed E-state index contributed by atoms with van der Waals surface area (Å²) in [5.74, 6) is 0.524. The van der Waals surface area contributed by atoms with Gasteiger partial charge in [-0.05, 0) is 49.8 Å². The van der Waals surface area contributed by atoms with Crippen LogP contribution in [0.25, 0.3) is 0 Å². The molecule has 132 valence electrons. The summed E-state index contributed by atoms with van der Waals surface area (Å²) < 4.78 is 5.59. The van der Waals surface area contributed by atoms with Crippen molar-refractivity contribution in [1.29, 1.82) is 0 Å². The maximum Gasteiger partial charge on any atom is 0.249 e. The van der Waals surface area contributed by atoms with Crippen molar-refractivity contribution in [1.82, 2.24) is 5.32 Å². The molecule has 2 amide bonds. The Morgan fingerprint density at radius 1 is 1.25 bits per heavy atom. The number of benzene rings is 1. The normalized spacial score (nSPS) is 16.3. The lowest BCUT2D eigenvalue weighted by Crippen LogP contribution is -2.36. The third-order valence-corrected chi connectivity index (χ3v) is 4.32. The lowest BCUT2D eigenvalue weighted by atomic mass is 9.97. The molecule has 2 atom stereocenters. The minimum atomic E-state index is -0.455. The molecule has 0 bridgehead atoms. The fraction of sp³-hybridized carbons (Fsp3) is 0.579. The molecule has 24 heavy (non-hydrogen) atoms. The molecule has 0 saturated heterocycles. The van der Waals surface area contributed by atoms with E-state index in [9.17, 15) is 9.59 Å². The zero-order valence-electron chi connectivity index (χ0n) is 15.0. The summed E-state index contributed by atoms with van der Waals surface area (Å²) in [4.78, 5) is 23.7. The van der Waals surface area contributed by atoms with Gasteiger partial charge in [0.1, 0.15) is 6.10 Å². The maximum atomic E-state index is 12.2. The Morgan fingerprint density at radius 2 is 2.00 bits per heavy atom. The second-order valence-corrected chi connectivity index (χ2v) is 6.89. The molecular weight excluding hydrogens is 304 g/mol. The summed E-state index contributed by atoms with van der Waals surface area (Å²) in [7, 11) is 0. The molecule has 0 fully saturated rings. The van der Waals surface area contributed by atoms with E-state index in [1.165, 1.54) is 0 Å². The molecule has 2 rings (SSSR count). The number of nitrogens with one attached hydrogen (secondary N) is 2. The summed E-state index contributed by atoms with van der Waals surface area (Å²) >= 11 is 0. The third-order valence-electron chi connectivity index (χ3n) is 4.32. The molecule has 1 heterocycles. The van der Waals surface area contributed by atoms with Crippen LogP contribution in [0.15, 0.2) is 18.2 Å². The average Bonchev–Trinajstić information content (AvgIpc) is 2.53. The molecule has 2 unspecified atom stereocenters. The van der Waals surface area contributed by atoms with Gasteiger partial charge < -0.3 is 15.4 Å². The van der Waals surface area contributed by atoms with Crippen molar-refractivity contribution < 1.29 is 14.3 Å². The Morgan fingerprint density at radius 3 is 2.71 bits per heavy atom. The molecule has 1 aliphatic rings. The Labute approximate surface area is 144 Å². The van der Waals surface area contributed by atoms with Crippen LogP contribution in [-0.4, -0.2) is 24.5 Å². The molecule has 2 N–H and O–H groups in total. The highest BCUT2D eigenvalue weighted by molar-refractivity contribution is 5.93. The van der Waals surface area contributed by atoms with Crippen LogP contribution in [0.3, 0.4) is 0 Å². The molecule has 0 radical (unpaired) electrons. The SMILES string of the molecule is CC(C)CCOC(C)C(=O)NC(C)c1ccc2c(c1)CCC(=O)N2. The quantitative estimate of drug-likeness (QED) is 0.806. The van der Waals surface area contributed by atoms with Crippen LogP contribution in [0.2, 0.25) is 0 Å². The standard InChI is InChI=1S/C19H28N2O3/c1-12(2)9-10-24-14(4)19(23)20-13(3)15-5-7-17-16(11-15)6-8-18(22)21-17/h5,7,11-14H,6,8-10H2,1-4H3,(H,20,23)(H,21,22). The third kappa shape index (κ3) is 5.06. The summed E-state index contributed by atoms with van der Waals surface area (Å²) in [6.45, 7) is 8.61. The number of amides is 2. The first-order valence-electron chi connectivity index (χ1n) is 8.71. The van der Waals surface area contributed by atoms with Gasteiger partial charge in [0.05, 0.1) is 6.04 Å². The first-order chi connectivity index (χ1) is 11.4. The van der Waals surface area contributed by atoms with Gasteiger partial charge in [-0.25, -0.2) is 0 Å². The van der Waals surface area contributed by atoms with Gasteiger partial charge in [0.15, 0.2) is 0 Å². The van der Waals surface area contributed by atoms with Gasteiger partial charge in [0, 0.05) is 18.7 Å². The number of hydrogen-bond donors (Lipinski definition) is 2. The van der Waals surface area contributed by atoms with Crippen molar-refractivity contribution in [2.24, 2.45) is 5.92 Å². The number of carbonyl (C=O) groups excluding carboxylic acids is 2.